The Kier molecular flexibility index (Phi) is 5.97. The summed E-state index contributed by atoms with van der Waals surface area (Å²) in [6.45, 7) is 6.44. The highest BCUT2D eigenvalue weighted by Gasteiger charge is 2.29. The number of benzene rings is 1. The van der Waals surface area contributed by atoms with Crippen molar-refractivity contribution in [1.29, 1.82) is 0 Å². The van der Waals surface area contributed by atoms with Crippen LogP contribution in [0.25, 0.3) is 0 Å². The van der Waals surface area contributed by atoms with Gasteiger partial charge in [-0.05, 0) is 49.4 Å². The van der Waals surface area contributed by atoms with Crippen molar-refractivity contribution in [2.45, 2.75) is 56.7 Å². The van der Waals surface area contributed by atoms with Crippen LogP contribution in [0.1, 0.15) is 55.0 Å². The Morgan fingerprint density at radius 3 is 2.62 bits per heavy atom. The van der Waals surface area contributed by atoms with Crippen LogP contribution in [0.3, 0.4) is 0 Å². The lowest BCUT2D eigenvalue weighted by Crippen LogP contribution is -2.43. The van der Waals surface area contributed by atoms with E-state index in [9.17, 15) is 9.00 Å². The zero-order chi connectivity index (χ0) is 18.7. The standard InChI is InChI=1S/C21H27NO3S/c1-14-7-10-18(11-8-14)26(24)13-17-9-12-20(25-17)21(23)22-19-6-4-5-15(2)16(19)3/h7-12,15-16,19H,4-6,13H2,1-3H3,(H,22,23)/t15-,16+,19-,26-/m1/s1. The molecule has 4 atom stereocenters. The number of amides is 1. The number of aryl methyl sites for hydroxylation is 1. The molecule has 0 aliphatic heterocycles. The summed E-state index contributed by atoms with van der Waals surface area (Å²) in [5, 5.41) is 3.11. The fourth-order valence-corrected chi connectivity index (χ4v) is 4.53. The zero-order valence-electron chi connectivity index (χ0n) is 15.7. The smallest absolute Gasteiger partial charge is 0.287 e. The SMILES string of the molecule is Cc1ccc([S@](=O)Cc2ccc(C(=O)N[C@@H]3CCC[C@@H](C)[C@@H]3C)o2)cc1. The molecule has 1 aromatic heterocycles. The van der Waals surface area contributed by atoms with Crippen molar-refractivity contribution in [3.8, 4) is 0 Å². The number of carbonyl (C=O) groups is 1. The molecule has 1 aliphatic carbocycles. The number of hydrogen-bond acceptors (Lipinski definition) is 3. The average molecular weight is 374 g/mol. The molecule has 5 heteroatoms. The molecule has 26 heavy (non-hydrogen) atoms. The normalized spacial score (nSPS) is 24.2. The largest absolute Gasteiger partial charge is 0.455 e. The second-order valence-electron chi connectivity index (χ2n) is 7.42. The van der Waals surface area contributed by atoms with E-state index in [0.717, 1.165) is 23.3 Å². The lowest BCUT2D eigenvalue weighted by molar-refractivity contribution is 0.0861. The second kappa shape index (κ2) is 8.21. The van der Waals surface area contributed by atoms with Crippen LogP contribution in [-0.2, 0) is 16.6 Å². The Hall–Kier alpha value is -1.88. The lowest BCUT2D eigenvalue weighted by Gasteiger charge is -2.34. The summed E-state index contributed by atoms with van der Waals surface area (Å²) in [7, 11) is -1.18. The third-order valence-corrected chi connectivity index (χ3v) is 6.81. The van der Waals surface area contributed by atoms with Gasteiger partial charge in [0.25, 0.3) is 5.91 Å². The van der Waals surface area contributed by atoms with Crippen LogP contribution < -0.4 is 5.32 Å². The van der Waals surface area contributed by atoms with E-state index in [1.165, 1.54) is 6.42 Å². The van der Waals surface area contributed by atoms with Gasteiger partial charge >= 0.3 is 0 Å². The first-order chi connectivity index (χ1) is 12.4. The molecule has 1 aliphatic rings. The Labute approximate surface area is 157 Å². The average Bonchev–Trinajstić information content (AvgIpc) is 3.08. The molecule has 1 aromatic carbocycles. The number of furan rings is 1. The highest BCUT2D eigenvalue weighted by molar-refractivity contribution is 7.84. The monoisotopic (exact) mass is 373 g/mol. The fraction of sp³-hybridized carbons (Fsp3) is 0.476. The van der Waals surface area contributed by atoms with Crippen molar-refractivity contribution in [1.82, 2.24) is 5.32 Å². The molecule has 1 heterocycles. The Balaban J connectivity index is 1.61. The number of carbonyl (C=O) groups excluding carboxylic acids is 1. The summed E-state index contributed by atoms with van der Waals surface area (Å²) in [4.78, 5) is 13.3. The fourth-order valence-electron chi connectivity index (χ4n) is 3.51. The zero-order valence-corrected chi connectivity index (χ0v) is 16.5. The number of nitrogens with one attached hydrogen (secondary N) is 1. The van der Waals surface area contributed by atoms with Gasteiger partial charge in [-0.1, -0.05) is 44.4 Å². The van der Waals surface area contributed by atoms with Gasteiger partial charge in [0.05, 0.1) is 16.6 Å². The maximum absolute atomic E-state index is 12.5. The van der Waals surface area contributed by atoms with Gasteiger partial charge in [-0.15, -0.1) is 0 Å². The van der Waals surface area contributed by atoms with E-state index in [2.05, 4.69) is 19.2 Å². The molecule has 0 bridgehead atoms. The first-order valence-electron chi connectivity index (χ1n) is 9.28. The molecule has 1 fully saturated rings. The summed E-state index contributed by atoms with van der Waals surface area (Å²) in [5.74, 6) is 2.05. The molecule has 0 spiro atoms. The van der Waals surface area contributed by atoms with Gasteiger partial charge < -0.3 is 9.73 Å². The van der Waals surface area contributed by atoms with Gasteiger partial charge in [-0.2, -0.15) is 0 Å². The third-order valence-electron chi connectivity index (χ3n) is 5.47. The van der Waals surface area contributed by atoms with E-state index in [1.54, 1.807) is 12.1 Å². The van der Waals surface area contributed by atoms with E-state index >= 15 is 0 Å². The van der Waals surface area contributed by atoms with Crippen LogP contribution >= 0.6 is 0 Å². The van der Waals surface area contributed by atoms with E-state index < -0.39 is 10.8 Å². The highest BCUT2D eigenvalue weighted by atomic mass is 32.2. The van der Waals surface area contributed by atoms with Gasteiger partial charge in [0.1, 0.15) is 5.76 Å². The minimum atomic E-state index is -1.18. The molecule has 3 rings (SSSR count). The molecule has 1 saturated carbocycles. The molecule has 0 unspecified atom stereocenters. The Morgan fingerprint density at radius 2 is 1.88 bits per heavy atom. The minimum Gasteiger partial charge on any atom is -0.455 e. The van der Waals surface area contributed by atoms with Gasteiger partial charge in [0.2, 0.25) is 0 Å². The van der Waals surface area contributed by atoms with E-state index in [0.29, 0.717) is 23.4 Å². The first-order valence-corrected chi connectivity index (χ1v) is 10.6. The van der Waals surface area contributed by atoms with Crippen LogP contribution in [0.5, 0.6) is 0 Å². The summed E-state index contributed by atoms with van der Waals surface area (Å²) in [5.41, 5.74) is 1.13. The predicted octanol–water partition coefficient (Wildman–Crippen LogP) is 4.45. The number of hydrogen-bond donors (Lipinski definition) is 1. The van der Waals surface area contributed by atoms with Crippen molar-refractivity contribution in [2.24, 2.45) is 11.8 Å². The van der Waals surface area contributed by atoms with Crippen LogP contribution in [0.2, 0.25) is 0 Å². The number of rotatable bonds is 5. The Morgan fingerprint density at radius 1 is 1.15 bits per heavy atom. The summed E-state index contributed by atoms with van der Waals surface area (Å²) < 4.78 is 18.1. The van der Waals surface area contributed by atoms with Crippen molar-refractivity contribution >= 4 is 16.7 Å². The van der Waals surface area contributed by atoms with E-state index in [1.807, 2.05) is 31.2 Å². The molecule has 1 N–H and O–H groups in total. The molecular weight excluding hydrogens is 346 g/mol. The van der Waals surface area contributed by atoms with Crippen molar-refractivity contribution in [3.05, 3.63) is 53.5 Å². The third kappa shape index (κ3) is 4.44. The first kappa shape index (κ1) is 18.9. The van der Waals surface area contributed by atoms with Crippen LogP contribution in [-0.4, -0.2) is 16.2 Å². The van der Waals surface area contributed by atoms with Crippen molar-refractivity contribution in [2.75, 3.05) is 0 Å². The molecule has 0 radical (unpaired) electrons. The van der Waals surface area contributed by atoms with E-state index in [4.69, 9.17) is 4.42 Å². The second-order valence-corrected chi connectivity index (χ2v) is 8.87. The summed E-state index contributed by atoms with van der Waals surface area (Å²) in [6.07, 6.45) is 3.39. The van der Waals surface area contributed by atoms with Gasteiger partial charge in [-0.3, -0.25) is 9.00 Å². The van der Waals surface area contributed by atoms with E-state index in [-0.39, 0.29) is 17.7 Å². The molecule has 4 nitrogen and oxygen atoms in total. The highest BCUT2D eigenvalue weighted by Crippen LogP contribution is 2.29. The van der Waals surface area contributed by atoms with Gasteiger partial charge in [0.15, 0.2) is 5.76 Å². The molecule has 2 aromatic rings. The van der Waals surface area contributed by atoms with Crippen LogP contribution in [0.15, 0.2) is 45.7 Å². The molecular formula is C21H27NO3S. The summed E-state index contributed by atoms with van der Waals surface area (Å²) >= 11 is 0. The van der Waals surface area contributed by atoms with Crippen molar-refractivity contribution < 1.29 is 13.4 Å². The van der Waals surface area contributed by atoms with Crippen LogP contribution in [0.4, 0.5) is 0 Å². The van der Waals surface area contributed by atoms with Gasteiger partial charge in [-0.25, -0.2) is 0 Å². The predicted molar refractivity (Wildman–Crippen MR) is 103 cm³/mol. The minimum absolute atomic E-state index is 0.177. The molecule has 0 saturated heterocycles. The van der Waals surface area contributed by atoms with Crippen LogP contribution in [0, 0.1) is 18.8 Å². The lowest BCUT2D eigenvalue weighted by atomic mass is 9.78. The molecule has 140 valence electrons. The Bertz CT molecular complexity index is 781. The maximum atomic E-state index is 12.5. The maximum Gasteiger partial charge on any atom is 0.287 e. The van der Waals surface area contributed by atoms with Crippen molar-refractivity contribution in [3.63, 3.8) is 0 Å². The summed E-state index contributed by atoms with van der Waals surface area (Å²) in [6, 6.07) is 11.2. The molecule has 1 amide bonds. The quantitative estimate of drug-likeness (QED) is 0.842. The topological polar surface area (TPSA) is 59.3 Å². The van der Waals surface area contributed by atoms with Gasteiger partial charge in [0, 0.05) is 10.9 Å².